The normalized spacial score (nSPS) is 11.8. The summed E-state index contributed by atoms with van der Waals surface area (Å²) in [5, 5.41) is 0.406. The van der Waals surface area contributed by atoms with Gasteiger partial charge in [-0.3, -0.25) is 4.79 Å². The van der Waals surface area contributed by atoms with E-state index < -0.39 is 12.0 Å². The summed E-state index contributed by atoms with van der Waals surface area (Å²) >= 11 is 3.13. The number of alkyl halides is 2. The van der Waals surface area contributed by atoms with E-state index >= 15 is 0 Å². The molecule has 6 heteroatoms. The molecule has 0 heterocycles. The molecule has 0 fully saturated rings. The van der Waals surface area contributed by atoms with E-state index in [1.165, 1.54) is 6.07 Å². The molecule has 0 bridgehead atoms. The van der Waals surface area contributed by atoms with Crippen LogP contribution >= 0.6 is 15.9 Å². The Morgan fingerprint density at radius 3 is 2.37 bits per heavy atom. The van der Waals surface area contributed by atoms with Crippen molar-refractivity contribution in [1.29, 1.82) is 0 Å². The first-order valence-corrected chi connectivity index (χ1v) is 11.6. The van der Waals surface area contributed by atoms with Crippen LogP contribution in [0.2, 0.25) is 0 Å². The SMILES string of the molecule is O=C(CCCCCCCC[C@@H](F)CBr)OCc1cc(Oc2ccccc2)ccc1F. The second-order valence-corrected chi connectivity index (χ2v) is 7.89. The maximum absolute atomic E-state index is 14.0. The lowest BCUT2D eigenvalue weighted by Crippen LogP contribution is -2.05. The third kappa shape index (κ3) is 9.70. The number of hydrogen-bond donors (Lipinski definition) is 0. The van der Waals surface area contributed by atoms with Crippen LogP contribution < -0.4 is 4.74 Å². The minimum absolute atomic E-state index is 0.116. The number of rotatable bonds is 14. The Morgan fingerprint density at radius 1 is 0.933 bits per heavy atom. The Labute approximate surface area is 185 Å². The number of benzene rings is 2. The topological polar surface area (TPSA) is 35.5 Å². The number of carbonyl (C=O) groups excluding carboxylic acids is 1. The van der Waals surface area contributed by atoms with Gasteiger partial charge >= 0.3 is 5.97 Å². The van der Waals surface area contributed by atoms with Gasteiger partial charge in [0.1, 0.15) is 30.1 Å². The van der Waals surface area contributed by atoms with E-state index in [0.717, 1.165) is 38.5 Å². The number of hydrogen-bond acceptors (Lipinski definition) is 3. The van der Waals surface area contributed by atoms with Gasteiger partial charge in [-0.1, -0.05) is 66.2 Å². The summed E-state index contributed by atoms with van der Waals surface area (Å²) in [5.41, 5.74) is 0.284. The molecule has 0 radical (unpaired) electrons. The summed E-state index contributed by atoms with van der Waals surface area (Å²) in [4.78, 5) is 11.9. The summed E-state index contributed by atoms with van der Waals surface area (Å²) in [6.07, 6.45) is 5.81. The predicted molar refractivity (Wildman–Crippen MR) is 118 cm³/mol. The Hall–Kier alpha value is -1.95. The number of para-hydroxylation sites is 1. The Morgan fingerprint density at radius 2 is 1.63 bits per heavy atom. The van der Waals surface area contributed by atoms with Gasteiger partial charge in [-0.15, -0.1) is 0 Å². The van der Waals surface area contributed by atoms with Crippen molar-refractivity contribution in [3.63, 3.8) is 0 Å². The Balaban J connectivity index is 1.63. The number of ether oxygens (including phenoxy) is 2. The minimum atomic E-state index is -0.754. The Bertz CT molecular complexity index is 755. The molecule has 30 heavy (non-hydrogen) atoms. The Kier molecular flexibility index (Phi) is 11.5. The molecule has 164 valence electrons. The second kappa shape index (κ2) is 14.1. The summed E-state index contributed by atoms with van der Waals surface area (Å²) in [6.45, 7) is -0.116. The molecular formula is C24H29BrF2O3. The molecule has 0 aliphatic heterocycles. The van der Waals surface area contributed by atoms with Crippen LogP contribution in [0.3, 0.4) is 0 Å². The average molecular weight is 483 g/mol. The van der Waals surface area contributed by atoms with E-state index in [-0.39, 0.29) is 18.1 Å². The molecule has 0 spiro atoms. The number of unbranched alkanes of at least 4 members (excludes halogenated alkanes) is 5. The van der Waals surface area contributed by atoms with Crippen LogP contribution in [0.15, 0.2) is 48.5 Å². The van der Waals surface area contributed by atoms with Crippen LogP contribution in [-0.2, 0) is 16.1 Å². The highest BCUT2D eigenvalue weighted by atomic mass is 79.9. The van der Waals surface area contributed by atoms with Gasteiger partial charge in [0.25, 0.3) is 0 Å². The first kappa shape index (κ1) is 24.3. The molecule has 2 rings (SSSR count). The zero-order valence-corrected chi connectivity index (χ0v) is 18.7. The van der Waals surface area contributed by atoms with Gasteiger partial charge in [0.15, 0.2) is 0 Å². The van der Waals surface area contributed by atoms with E-state index in [1.807, 2.05) is 30.3 Å². The number of halogens is 3. The molecule has 0 saturated carbocycles. The van der Waals surface area contributed by atoms with Gasteiger partial charge in [-0.25, -0.2) is 8.78 Å². The minimum Gasteiger partial charge on any atom is -0.461 e. The first-order valence-electron chi connectivity index (χ1n) is 10.5. The highest BCUT2D eigenvalue weighted by Crippen LogP contribution is 2.24. The summed E-state index contributed by atoms with van der Waals surface area (Å²) in [7, 11) is 0. The van der Waals surface area contributed by atoms with Crippen LogP contribution in [0.25, 0.3) is 0 Å². The van der Waals surface area contributed by atoms with Crippen molar-refractivity contribution in [3.05, 3.63) is 59.9 Å². The van der Waals surface area contributed by atoms with Crippen LogP contribution in [0, 0.1) is 5.82 Å². The van der Waals surface area contributed by atoms with Crippen LogP contribution in [-0.4, -0.2) is 17.5 Å². The van der Waals surface area contributed by atoms with Crippen LogP contribution in [0.5, 0.6) is 11.5 Å². The van der Waals surface area contributed by atoms with Gasteiger partial charge < -0.3 is 9.47 Å². The largest absolute Gasteiger partial charge is 0.461 e. The van der Waals surface area contributed by atoms with Gasteiger partial charge in [-0.05, 0) is 43.2 Å². The quantitative estimate of drug-likeness (QED) is 0.158. The van der Waals surface area contributed by atoms with E-state index in [2.05, 4.69) is 15.9 Å². The number of esters is 1. The molecule has 0 unspecified atom stereocenters. The second-order valence-electron chi connectivity index (χ2n) is 7.24. The fourth-order valence-corrected chi connectivity index (χ4v) is 3.32. The van der Waals surface area contributed by atoms with Crippen molar-refractivity contribution in [2.45, 2.75) is 64.1 Å². The summed E-state index contributed by atoms with van der Waals surface area (Å²) in [6, 6.07) is 13.6. The van der Waals surface area contributed by atoms with Crippen molar-refractivity contribution in [3.8, 4) is 11.5 Å². The highest BCUT2D eigenvalue weighted by Gasteiger charge is 2.09. The smallest absolute Gasteiger partial charge is 0.306 e. The van der Waals surface area contributed by atoms with Crippen molar-refractivity contribution in [2.24, 2.45) is 0 Å². The zero-order valence-electron chi connectivity index (χ0n) is 17.1. The van der Waals surface area contributed by atoms with Crippen LogP contribution in [0.1, 0.15) is 56.9 Å². The third-order valence-electron chi connectivity index (χ3n) is 4.70. The van der Waals surface area contributed by atoms with E-state index in [0.29, 0.717) is 29.7 Å². The maximum Gasteiger partial charge on any atom is 0.306 e. The van der Waals surface area contributed by atoms with E-state index in [1.54, 1.807) is 12.1 Å². The van der Waals surface area contributed by atoms with Gasteiger partial charge in [0.2, 0.25) is 0 Å². The molecular weight excluding hydrogens is 454 g/mol. The monoisotopic (exact) mass is 482 g/mol. The zero-order chi connectivity index (χ0) is 21.6. The molecule has 0 amide bonds. The molecule has 0 saturated heterocycles. The summed E-state index contributed by atoms with van der Waals surface area (Å²) in [5.74, 6) is 0.378. The lowest BCUT2D eigenvalue weighted by atomic mass is 10.1. The van der Waals surface area contributed by atoms with Crippen molar-refractivity contribution < 1.29 is 23.0 Å². The lowest BCUT2D eigenvalue weighted by molar-refractivity contribution is -0.145. The fourth-order valence-electron chi connectivity index (χ4n) is 3.00. The van der Waals surface area contributed by atoms with Crippen molar-refractivity contribution >= 4 is 21.9 Å². The lowest BCUT2D eigenvalue weighted by Gasteiger charge is -2.10. The van der Waals surface area contributed by atoms with Gasteiger partial charge in [0, 0.05) is 17.3 Å². The molecule has 0 aromatic heterocycles. The molecule has 1 atom stereocenters. The first-order chi connectivity index (χ1) is 14.6. The van der Waals surface area contributed by atoms with Crippen molar-refractivity contribution in [2.75, 3.05) is 5.33 Å². The molecule has 0 aliphatic carbocycles. The molecule has 2 aromatic carbocycles. The maximum atomic E-state index is 14.0. The average Bonchev–Trinajstić information content (AvgIpc) is 2.76. The van der Waals surface area contributed by atoms with Crippen LogP contribution in [0.4, 0.5) is 8.78 Å². The third-order valence-corrected chi connectivity index (χ3v) is 5.40. The predicted octanol–water partition coefficient (Wildman–Crippen LogP) is 7.52. The van der Waals surface area contributed by atoms with Gasteiger partial charge in [-0.2, -0.15) is 0 Å². The summed E-state index contributed by atoms with van der Waals surface area (Å²) < 4.78 is 38.0. The van der Waals surface area contributed by atoms with Crippen molar-refractivity contribution in [1.82, 2.24) is 0 Å². The standard InChI is InChI=1S/C24H29BrF2O3/c25-17-20(26)10-6-3-1-2-4-9-13-24(28)29-18-19-16-22(14-15-23(19)27)30-21-11-7-5-8-12-21/h5,7-8,11-12,14-16,20H,1-4,6,9-10,13,17-18H2/t20-/m1/s1. The fraction of sp³-hybridized carbons (Fsp3) is 0.458. The van der Waals surface area contributed by atoms with E-state index in [9.17, 15) is 13.6 Å². The van der Waals surface area contributed by atoms with Gasteiger partial charge in [0.05, 0.1) is 0 Å². The molecule has 2 aromatic rings. The van der Waals surface area contributed by atoms with E-state index in [4.69, 9.17) is 9.47 Å². The molecule has 3 nitrogen and oxygen atoms in total. The molecule has 0 N–H and O–H groups in total. The molecule has 0 aliphatic rings. The number of carbonyl (C=O) groups is 1. The highest BCUT2D eigenvalue weighted by molar-refractivity contribution is 9.09.